The molecule has 9 aromatic carbocycles. The molecular formula is C74H74B2N2. The van der Waals surface area contributed by atoms with Crippen LogP contribution in [0, 0.1) is 13.8 Å². The van der Waals surface area contributed by atoms with Gasteiger partial charge in [-0.15, -0.1) is 0 Å². The van der Waals surface area contributed by atoms with E-state index in [4.69, 9.17) is 0 Å². The van der Waals surface area contributed by atoms with Gasteiger partial charge in [0, 0.05) is 44.0 Å². The molecule has 0 N–H and O–H groups in total. The van der Waals surface area contributed by atoms with Crippen molar-refractivity contribution in [3.63, 3.8) is 0 Å². The molecule has 0 atom stereocenters. The van der Waals surface area contributed by atoms with Crippen LogP contribution in [-0.4, -0.2) is 22.6 Å². The Hall–Kier alpha value is -7.29. The summed E-state index contributed by atoms with van der Waals surface area (Å²) >= 11 is 0. The van der Waals surface area contributed by atoms with Crippen molar-refractivity contribution in [2.24, 2.45) is 0 Å². The Labute approximate surface area is 464 Å². The highest BCUT2D eigenvalue weighted by atomic mass is 15.0. The predicted molar refractivity (Wildman–Crippen MR) is 342 cm³/mol. The molecule has 0 aliphatic carbocycles. The highest BCUT2D eigenvalue weighted by Gasteiger charge is 2.43. The fraction of sp³-hybridized carbons (Fsp3) is 0.270. The summed E-state index contributed by atoms with van der Waals surface area (Å²) in [6, 6.07) is 62.3. The number of aryl methyl sites for hydroxylation is 2. The SMILES string of the molecule is Cc1cc2c3c(c1)c1cc(-c4ccccc4)ccc1n3-c1cc3c(cc1B2c1c(C(C)C)cc(C(C)C)cc1C(C)C)-n1c2ccc(-c4ccccc4)cc2c2cc(C)cc(c21)B3c1c(C(C)C)cc(C(C)C)cc1C(C)C. The van der Waals surface area contributed by atoms with Crippen LogP contribution in [0.1, 0.15) is 163 Å². The van der Waals surface area contributed by atoms with Crippen molar-refractivity contribution < 1.29 is 0 Å². The Balaban J connectivity index is 1.24. The van der Waals surface area contributed by atoms with Gasteiger partial charge in [0.15, 0.2) is 0 Å². The Morgan fingerprint density at radius 3 is 0.974 bits per heavy atom. The summed E-state index contributed by atoms with van der Waals surface area (Å²) in [5, 5.41) is 5.28. The molecule has 0 fully saturated rings. The van der Waals surface area contributed by atoms with Crippen molar-refractivity contribution in [1.82, 2.24) is 9.13 Å². The van der Waals surface area contributed by atoms with Crippen LogP contribution in [0.25, 0.3) is 77.2 Å². The number of hydrogen-bond acceptors (Lipinski definition) is 0. The van der Waals surface area contributed by atoms with Gasteiger partial charge in [0.2, 0.25) is 13.4 Å². The van der Waals surface area contributed by atoms with Crippen molar-refractivity contribution in [2.75, 3.05) is 0 Å². The van der Waals surface area contributed by atoms with E-state index in [1.165, 1.54) is 155 Å². The molecule has 0 bridgehead atoms. The van der Waals surface area contributed by atoms with Crippen LogP contribution in [0.5, 0.6) is 0 Å². The Morgan fingerprint density at radius 1 is 0.308 bits per heavy atom. The smallest absolute Gasteiger partial charge is 0.247 e. The lowest BCUT2D eigenvalue weighted by Crippen LogP contribution is -2.62. The summed E-state index contributed by atoms with van der Waals surface area (Å²) in [7, 11) is 0. The maximum atomic E-state index is 2.72. The monoisotopic (exact) mass is 1010 g/mol. The molecule has 386 valence electrons. The minimum absolute atomic E-state index is 0.0169. The quantitative estimate of drug-likeness (QED) is 0.121. The molecule has 0 saturated heterocycles. The lowest BCUT2D eigenvalue weighted by atomic mass is 9.31. The van der Waals surface area contributed by atoms with E-state index in [2.05, 4.69) is 264 Å². The van der Waals surface area contributed by atoms with Crippen LogP contribution in [-0.2, 0) is 0 Å². The second-order valence-electron chi connectivity index (χ2n) is 25.4. The van der Waals surface area contributed by atoms with E-state index >= 15 is 0 Å². The lowest BCUT2D eigenvalue weighted by Gasteiger charge is -2.36. The van der Waals surface area contributed by atoms with Crippen LogP contribution >= 0.6 is 0 Å². The van der Waals surface area contributed by atoms with E-state index in [0.717, 1.165) is 0 Å². The molecule has 4 heterocycles. The first kappa shape index (κ1) is 50.2. The molecule has 2 aliphatic rings. The third kappa shape index (κ3) is 7.67. The van der Waals surface area contributed by atoms with E-state index in [1.807, 2.05) is 0 Å². The molecule has 0 amide bonds. The number of nitrogens with zero attached hydrogens (tertiary/aromatic N) is 2. The highest BCUT2D eigenvalue weighted by molar-refractivity contribution is 7.00. The third-order valence-corrected chi connectivity index (χ3v) is 18.1. The van der Waals surface area contributed by atoms with E-state index in [-0.39, 0.29) is 13.4 Å². The van der Waals surface area contributed by atoms with Crippen molar-refractivity contribution in [1.29, 1.82) is 0 Å². The lowest BCUT2D eigenvalue weighted by molar-refractivity contribution is 0.812. The first-order valence-electron chi connectivity index (χ1n) is 29.3. The van der Waals surface area contributed by atoms with Gasteiger partial charge in [-0.25, -0.2) is 0 Å². The Kier molecular flexibility index (Phi) is 12.0. The minimum Gasteiger partial charge on any atom is -0.310 e. The van der Waals surface area contributed by atoms with Gasteiger partial charge < -0.3 is 9.13 Å². The summed E-state index contributed by atoms with van der Waals surface area (Å²) in [5.74, 6) is 2.12. The summed E-state index contributed by atoms with van der Waals surface area (Å²) < 4.78 is 5.42. The van der Waals surface area contributed by atoms with Crippen LogP contribution in [0.4, 0.5) is 0 Å². The zero-order chi connectivity index (χ0) is 54.3. The summed E-state index contributed by atoms with van der Waals surface area (Å²) in [4.78, 5) is 0. The number of benzene rings is 9. The Bertz CT molecular complexity index is 3900. The number of hydrogen-bond donors (Lipinski definition) is 0. The van der Waals surface area contributed by atoms with Gasteiger partial charge in [0.1, 0.15) is 0 Å². The molecule has 4 heteroatoms. The zero-order valence-electron chi connectivity index (χ0n) is 48.5. The van der Waals surface area contributed by atoms with Crippen LogP contribution < -0.4 is 32.8 Å². The van der Waals surface area contributed by atoms with Crippen molar-refractivity contribution in [3.05, 3.63) is 202 Å². The molecule has 78 heavy (non-hydrogen) atoms. The largest absolute Gasteiger partial charge is 0.310 e. The van der Waals surface area contributed by atoms with Gasteiger partial charge in [-0.1, -0.05) is 214 Å². The first-order valence-corrected chi connectivity index (χ1v) is 29.3. The molecular weight excluding hydrogens is 938 g/mol. The van der Waals surface area contributed by atoms with Crippen LogP contribution in [0.2, 0.25) is 0 Å². The highest BCUT2D eigenvalue weighted by Crippen LogP contribution is 2.41. The van der Waals surface area contributed by atoms with E-state index in [9.17, 15) is 0 Å². The molecule has 2 aliphatic heterocycles. The second-order valence-corrected chi connectivity index (χ2v) is 25.4. The van der Waals surface area contributed by atoms with Crippen molar-refractivity contribution in [3.8, 4) is 33.6 Å². The molecule has 13 rings (SSSR count). The van der Waals surface area contributed by atoms with E-state index in [1.54, 1.807) is 0 Å². The molecule has 11 aromatic rings. The summed E-state index contributed by atoms with van der Waals surface area (Å²) in [5.41, 5.74) is 32.7. The second kappa shape index (κ2) is 18.7. The van der Waals surface area contributed by atoms with E-state index < -0.39 is 0 Å². The zero-order valence-corrected chi connectivity index (χ0v) is 48.5. The number of fused-ring (bicyclic) bond motifs is 10. The summed E-state index contributed by atoms with van der Waals surface area (Å²) in [6.07, 6.45) is 0. The normalized spacial score (nSPS) is 13.1. The van der Waals surface area contributed by atoms with Gasteiger partial charge in [-0.2, -0.15) is 0 Å². The maximum absolute atomic E-state index is 2.72. The fourth-order valence-corrected chi connectivity index (χ4v) is 14.3. The third-order valence-electron chi connectivity index (χ3n) is 18.1. The van der Waals surface area contributed by atoms with Gasteiger partial charge in [-0.05, 0) is 175 Å². The van der Waals surface area contributed by atoms with Crippen molar-refractivity contribution in [2.45, 2.75) is 132 Å². The topological polar surface area (TPSA) is 9.86 Å². The van der Waals surface area contributed by atoms with Gasteiger partial charge in [-0.3, -0.25) is 0 Å². The molecule has 0 spiro atoms. The predicted octanol–water partition coefficient (Wildman–Crippen LogP) is 16.2. The standard InChI is InChI=1S/C74H74B2N2/c1-41(2)53-35-55(43(5)6)71(56(36-53)44(7)8)75-63-39-70-64(40-69(63)77-67-27-25-51(49-21-17-15-18-22-49)33-59(67)61-29-47(13)31-65(75)73(61)77)76(72-57(45(9)10)37-54(42(3)4)38-58(72)46(11)12)66-32-48(14)30-62-60-34-52(50-23-19-16-20-24-50)26-28-68(60)78(70)74(62)66/h15-46H,1-14H3. The molecule has 2 nitrogen and oxygen atoms in total. The molecule has 0 radical (unpaired) electrons. The number of rotatable bonds is 10. The Morgan fingerprint density at radius 2 is 0.654 bits per heavy atom. The average molecular weight is 1010 g/mol. The average Bonchev–Trinajstić information content (AvgIpc) is 3.76. The number of aromatic nitrogens is 2. The van der Waals surface area contributed by atoms with Crippen LogP contribution in [0.3, 0.4) is 0 Å². The van der Waals surface area contributed by atoms with Gasteiger partial charge in [0.25, 0.3) is 0 Å². The van der Waals surface area contributed by atoms with E-state index in [0.29, 0.717) is 35.5 Å². The molecule has 0 saturated carbocycles. The van der Waals surface area contributed by atoms with Crippen molar-refractivity contribution >= 4 is 89.8 Å². The fourth-order valence-electron chi connectivity index (χ4n) is 14.3. The van der Waals surface area contributed by atoms with Gasteiger partial charge in [0.05, 0.1) is 11.0 Å². The van der Waals surface area contributed by atoms with Gasteiger partial charge >= 0.3 is 0 Å². The van der Waals surface area contributed by atoms with Crippen LogP contribution in [0.15, 0.2) is 158 Å². The maximum Gasteiger partial charge on any atom is 0.247 e. The molecule has 0 unspecified atom stereocenters. The minimum atomic E-state index is -0.0169. The summed E-state index contributed by atoms with van der Waals surface area (Å²) in [6.45, 7) is 33.5. The first-order chi connectivity index (χ1) is 37.5. The molecule has 2 aromatic heterocycles.